The number of hydrogen-bond donors (Lipinski definition) is 2. The van der Waals surface area contributed by atoms with Crippen molar-refractivity contribution in [2.45, 2.75) is 12.7 Å². The molecule has 0 saturated heterocycles. The Balaban J connectivity index is 2.02. The zero-order chi connectivity index (χ0) is 13.9. The Bertz CT molecular complexity index is 537. The van der Waals surface area contributed by atoms with Crippen LogP contribution in [0.5, 0.6) is 0 Å². The number of nitrogen functional groups attached to an aromatic ring is 1. The number of alkyl halides is 3. The Kier molecular flexibility index (Phi) is 3.49. The normalized spacial score (nSPS) is 11.5. The monoisotopic (exact) mass is 273 g/mol. The number of rotatable bonds is 4. The Morgan fingerprint density at radius 2 is 2.11 bits per heavy atom. The van der Waals surface area contributed by atoms with Gasteiger partial charge < -0.3 is 11.1 Å². The van der Waals surface area contributed by atoms with E-state index in [1.807, 2.05) is 0 Å². The van der Waals surface area contributed by atoms with Gasteiger partial charge in [0, 0.05) is 18.8 Å². The molecule has 0 spiro atoms. The maximum Gasteiger partial charge on any atom is 0.433 e. The van der Waals surface area contributed by atoms with Crippen LogP contribution in [0.2, 0.25) is 0 Å². The minimum Gasteiger partial charge on any atom is -0.368 e. The lowest BCUT2D eigenvalue weighted by Gasteiger charge is -2.10. The lowest BCUT2D eigenvalue weighted by atomic mass is 10.3. The van der Waals surface area contributed by atoms with Gasteiger partial charge in [0.1, 0.15) is 5.82 Å². The van der Waals surface area contributed by atoms with Crippen LogP contribution >= 0.6 is 0 Å². The molecule has 0 saturated carbocycles. The third-order valence-electron chi connectivity index (χ3n) is 2.15. The molecule has 7 nitrogen and oxygen atoms in total. The van der Waals surface area contributed by atoms with Crippen LogP contribution in [0.1, 0.15) is 5.69 Å². The number of nitrogens with one attached hydrogen (secondary N) is 1. The van der Waals surface area contributed by atoms with E-state index in [4.69, 9.17) is 5.73 Å². The molecule has 2 aromatic heterocycles. The molecule has 10 heteroatoms. The summed E-state index contributed by atoms with van der Waals surface area (Å²) in [7, 11) is 0. The van der Waals surface area contributed by atoms with Crippen molar-refractivity contribution in [2.75, 3.05) is 17.6 Å². The second kappa shape index (κ2) is 5.08. The zero-order valence-corrected chi connectivity index (χ0v) is 9.59. The Morgan fingerprint density at radius 1 is 1.32 bits per heavy atom. The van der Waals surface area contributed by atoms with Gasteiger partial charge in [0.2, 0.25) is 5.95 Å². The minimum atomic E-state index is -4.56. The summed E-state index contributed by atoms with van der Waals surface area (Å²) in [5.74, 6) is -0.418. The van der Waals surface area contributed by atoms with Gasteiger partial charge in [-0.05, 0) is 0 Å². The van der Waals surface area contributed by atoms with Crippen molar-refractivity contribution in [1.29, 1.82) is 0 Å². The van der Waals surface area contributed by atoms with Crippen molar-refractivity contribution >= 4 is 11.8 Å². The number of aromatic nitrogens is 5. The van der Waals surface area contributed by atoms with Crippen LogP contribution in [0.4, 0.5) is 24.9 Å². The number of hydrogen-bond acceptors (Lipinski definition) is 6. The topological polar surface area (TPSA) is 94.5 Å². The van der Waals surface area contributed by atoms with Crippen LogP contribution in [0.15, 0.2) is 18.5 Å². The van der Waals surface area contributed by atoms with E-state index in [9.17, 15) is 13.2 Å². The molecule has 102 valence electrons. The van der Waals surface area contributed by atoms with Gasteiger partial charge in [-0.15, -0.1) is 5.10 Å². The summed E-state index contributed by atoms with van der Waals surface area (Å²) in [6.07, 6.45) is -1.42. The average Bonchev–Trinajstić information content (AvgIpc) is 2.80. The summed E-state index contributed by atoms with van der Waals surface area (Å²) in [6.45, 7) is 0.766. The Morgan fingerprint density at radius 3 is 2.74 bits per heavy atom. The van der Waals surface area contributed by atoms with Gasteiger partial charge in [-0.3, -0.25) is 4.68 Å². The summed E-state index contributed by atoms with van der Waals surface area (Å²) in [5, 5.41) is 10.0. The highest BCUT2D eigenvalue weighted by Crippen LogP contribution is 2.29. The number of anilines is 2. The SMILES string of the molecule is Nc1nc(NCCn2ccnn2)cc(C(F)(F)F)n1. The van der Waals surface area contributed by atoms with Crippen LogP contribution < -0.4 is 11.1 Å². The van der Waals surface area contributed by atoms with Gasteiger partial charge in [-0.1, -0.05) is 5.21 Å². The van der Waals surface area contributed by atoms with Gasteiger partial charge >= 0.3 is 6.18 Å². The number of halogens is 3. The van der Waals surface area contributed by atoms with Crippen LogP contribution in [0.25, 0.3) is 0 Å². The Hall–Kier alpha value is -2.39. The molecule has 0 atom stereocenters. The first kappa shape index (κ1) is 13.1. The molecule has 0 aliphatic carbocycles. The highest BCUT2D eigenvalue weighted by atomic mass is 19.4. The fourth-order valence-corrected chi connectivity index (χ4v) is 1.35. The van der Waals surface area contributed by atoms with Crippen molar-refractivity contribution in [1.82, 2.24) is 25.0 Å². The molecule has 0 radical (unpaired) electrons. The maximum atomic E-state index is 12.5. The van der Waals surface area contributed by atoms with E-state index in [1.54, 1.807) is 6.20 Å². The predicted octanol–water partition coefficient (Wildman–Crippen LogP) is 0.781. The quantitative estimate of drug-likeness (QED) is 0.854. The molecule has 0 aromatic carbocycles. The van der Waals surface area contributed by atoms with Crippen LogP contribution in [-0.4, -0.2) is 31.5 Å². The third-order valence-corrected chi connectivity index (χ3v) is 2.15. The lowest BCUT2D eigenvalue weighted by Crippen LogP contribution is -2.15. The number of nitrogens with zero attached hydrogens (tertiary/aromatic N) is 5. The lowest BCUT2D eigenvalue weighted by molar-refractivity contribution is -0.141. The van der Waals surface area contributed by atoms with E-state index >= 15 is 0 Å². The van der Waals surface area contributed by atoms with Crippen molar-refractivity contribution < 1.29 is 13.2 Å². The second-order valence-electron chi connectivity index (χ2n) is 3.59. The second-order valence-corrected chi connectivity index (χ2v) is 3.59. The minimum absolute atomic E-state index is 0.0138. The van der Waals surface area contributed by atoms with E-state index in [-0.39, 0.29) is 5.82 Å². The third kappa shape index (κ3) is 3.53. The number of nitrogens with two attached hydrogens (primary N) is 1. The van der Waals surface area contributed by atoms with Crippen LogP contribution in [-0.2, 0) is 12.7 Å². The fourth-order valence-electron chi connectivity index (χ4n) is 1.35. The summed E-state index contributed by atoms with van der Waals surface area (Å²) in [6, 6.07) is 0.803. The largest absolute Gasteiger partial charge is 0.433 e. The van der Waals surface area contributed by atoms with Gasteiger partial charge in [0.25, 0.3) is 0 Å². The maximum absolute atomic E-state index is 12.5. The summed E-state index contributed by atoms with van der Waals surface area (Å²) >= 11 is 0. The zero-order valence-electron chi connectivity index (χ0n) is 9.59. The Labute approximate surface area is 105 Å². The van der Waals surface area contributed by atoms with Gasteiger partial charge in [-0.2, -0.15) is 18.2 Å². The molecular weight excluding hydrogens is 263 g/mol. The first-order valence-corrected chi connectivity index (χ1v) is 5.25. The molecule has 0 bridgehead atoms. The van der Waals surface area contributed by atoms with Crippen molar-refractivity contribution in [3.05, 3.63) is 24.2 Å². The van der Waals surface area contributed by atoms with Gasteiger partial charge in [-0.25, -0.2) is 4.98 Å². The van der Waals surface area contributed by atoms with E-state index in [0.717, 1.165) is 6.07 Å². The molecule has 3 N–H and O–H groups in total. The smallest absolute Gasteiger partial charge is 0.368 e. The molecule has 0 aliphatic heterocycles. The van der Waals surface area contributed by atoms with E-state index in [1.165, 1.54) is 10.9 Å². The van der Waals surface area contributed by atoms with E-state index in [2.05, 4.69) is 25.6 Å². The molecule has 0 amide bonds. The molecular formula is C9H10F3N7. The highest BCUT2D eigenvalue weighted by Gasteiger charge is 2.33. The first-order valence-electron chi connectivity index (χ1n) is 5.25. The highest BCUT2D eigenvalue weighted by molar-refractivity contribution is 5.41. The fraction of sp³-hybridized carbons (Fsp3) is 0.333. The molecule has 2 rings (SSSR count). The van der Waals surface area contributed by atoms with Gasteiger partial charge in [0.05, 0.1) is 12.7 Å². The average molecular weight is 273 g/mol. The molecule has 2 heterocycles. The molecule has 0 unspecified atom stereocenters. The van der Waals surface area contributed by atoms with Crippen molar-refractivity contribution in [3.8, 4) is 0 Å². The summed E-state index contributed by atoms with van der Waals surface area (Å²) in [4.78, 5) is 6.81. The van der Waals surface area contributed by atoms with Crippen LogP contribution in [0.3, 0.4) is 0 Å². The van der Waals surface area contributed by atoms with Crippen molar-refractivity contribution in [3.63, 3.8) is 0 Å². The van der Waals surface area contributed by atoms with E-state index < -0.39 is 17.8 Å². The van der Waals surface area contributed by atoms with Crippen LogP contribution in [0, 0.1) is 0 Å². The molecule has 2 aromatic rings. The predicted molar refractivity (Wildman–Crippen MR) is 60.0 cm³/mol. The summed E-state index contributed by atoms with van der Waals surface area (Å²) in [5.41, 5.74) is 4.15. The molecule has 19 heavy (non-hydrogen) atoms. The van der Waals surface area contributed by atoms with Crippen molar-refractivity contribution in [2.24, 2.45) is 0 Å². The van der Waals surface area contributed by atoms with E-state index in [0.29, 0.717) is 13.1 Å². The molecule has 0 aliphatic rings. The first-order chi connectivity index (χ1) is 8.95. The molecule has 0 fully saturated rings. The van der Waals surface area contributed by atoms with Gasteiger partial charge in [0.15, 0.2) is 5.69 Å². The summed E-state index contributed by atoms with van der Waals surface area (Å²) < 4.78 is 39.0. The standard InChI is InChI=1S/C9H10F3N7/c10-9(11,12)6-5-7(17-8(13)16-6)14-1-3-19-4-2-15-18-19/h2,4-5H,1,3H2,(H3,13,14,16,17).